The maximum atomic E-state index is 13.3. The number of hydrazine groups is 1. The van der Waals surface area contributed by atoms with Gasteiger partial charge in [-0.25, -0.2) is 10.4 Å². The SMILES string of the molecule is CN(C)CCCNNC(=O)[C@]1(Cc2ccccc2Br)COC(c2ccc(OCCCO)cc2)=N1. The van der Waals surface area contributed by atoms with Crippen LogP contribution in [0.2, 0.25) is 0 Å². The van der Waals surface area contributed by atoms with Crippen LogP contribution in [0.15, 0.2) is 58.0 Å². The number of benzene rings is 2. The Labute approximate surface area is 209 Å². The van der Waals surface area contributed by atoms with Gasteiger partial charge in [0.25, 0.3) is 5.91 Å². The van der Waals surface area contributed by atoms with Crippen molar-refractivity contribution in [3.8, 4) is 5.75 Å². The summed E-state index contributed by atoms with van der Waals surface area (Å²) >= 11 is 3.59. The molecule has 0 aliphatic carbocycles. The van der Waals surface area contributed by atoms with Crippen molar-refractivity contribution in [1.29, 1.82) is 0 Å². The summed E-state index contributed by atoms with van der Waals surface area (Å²) < 4.78 is 12.5. The van der Waals surface area contributed by atoms with E-state index in [9.17, 15) is 4.79 Å². The first kappa shape index (κ1) is 26.2. The minimum absolute atomic E-state index is 0.0922. The predicted octanol–water partition coefficient (Wildman–Crippen LogP) is 2.54. The Morgan fingerprint density at radius 1 is 1.21 bits per heavy atom. The lowest BCUT2D eigenvalue weighted by Crippen LogP contribution is -2.53. The zero-order chi connectivity index (χ0) is 24.4. The van der Waals surface area contributed by atoms with E-state index in [1.165, 1.54) is 0 Å². The number of carbonyl (C=O) groups excluding carboxylic acids is 1. The fourth-order valence-electron chi connectivity index (χ4n) is 3.53. The number of nitrogens with zero attached hydrogens (tertiary/aromatic N) is 2. The van der Waals surface area contributed by atoms with Gasteiger partial charge in [0.15, 0.2) is 5.54 Å². The van der Waals surface area contributed by atoms with Gasteiger partial charge in [-0.3, -0.25) is 10.2 Å². The number of rotatable bonds is 13. The maximum Gasteiger partial charge on any atom is 0.266 e. The van der Waals surface area contributed by atoms with Crippen LogP contribution < -0.4 is 15.6 Å². The topological polar surface area (TPSA) is 95.4 Å². The van der Waals surface area contributed by atoms with Crippen molar-refractivity contribution in [3.05, 3.63) is 64.1 Å². The Morgan fingerprint density at radius 3 is 2.68 bits per heavy atom. The van der Waals surface area contributed by atoms with Gasteiger partial charge in [0.05, 0.1) is 6.61 Å². The number of hydrogen-bond donors (Lipinski definition) is 3. The number of hydrogen-bond acceptors (Lipinski definition) is 7. The molecular formula is C25H33BrN4O4. The van der Waals surface area contributed by atoms with E-state index in [2.05, 4.69) is 31.7 Å². The standard InChI is InChI=1S/C25H33BrN4O4/c1-30(2)14-5-13-27-29-24(32)25(17-20-7-3-4-8-22(20)26)18-34-23(28-25)19-9-11-21(12-10-19)33-16-6-15-31/h3-4,7-12,27,31H,5-6,13-18H2,1-2H3,(H,29,32)/t25-/m0/s1. The average molecular weight is 533 g/mol. The van der Waals surface area contributed by atoms with Crippen LogP contribution >= 0.6 is 15.9 Å². The second-order valence-electron chi connectivity index (χ2n) is 8.49. The van der Waals surface area contributed by atoms with E-state index >= 15 is 0 Å². The summed E-state index contributed by atoms with van der Waals surface area (Å²) in [4.78, 5) is 20.2. The molecule has 1 heterocycles. The van der Waals surface area contributed by atoms with Gasteiger partial charge >= 0.3 is 0 Å². The molecule has 1 atom stereocenters. The van der Waals surface area contributed by atoms with Crippen LogP contribution in [0.25, 0.3) is 0 Å². The Hall–Kier alpha value is -2.46. The quantitative estimate of drug-likeness (QED) is 0.271. The van der Waals surface area contributed by atoms with Crippen LogP contribution in [0, 0.1) is 0 Å². The van der Waals surface area contributed by atoms with Gasteiger partial charge in [-0.05, 0) is 63.0 Å². The molecule has 2 aromatic rings. The third-order valence-corrected chi connectivity index (χ3v) is 6.18. The lowest BCUT2D eigenvalue weighted by molar-refractivity contribution is -0.127. The summed E-state index contributed by atoms with van der Waals surface area (Å²) in [5.41, 5.74) is 6.53. The highest BCUT2D eigenvalue weighted by molar-refractivity contribution is 9.10. The van der Waals surface area contributed by atoms with Crippen molar-refractivity contribution in [1.82, 2.24) is 15.8 Å². The first-order valence-corrected chi connectivity index (χ1v) is 12.2. The van der Waals surface area contributed by atoms with E-state index in [1.807, 2.05) is 62.6 Å². The minimum atomic E-state index is -1.09. The lowest BCUT2D eigenvalue weighted by Gasteiger charge is -2.24. The normalized spacial score (nSPS) is 17.4. The fourth-order valence-corrected chi connectivity index (χ4v) is 3.95. The predicted molar refractivity (Wildman–Crippen MR) is 136 cm³/mol. The summed E-state index contributed by atoms with van der Waals surface area (Å²) in [5.74, 6) is 0.902. The number of nitrogens with one attached hydrogen (secondary N) is 2. The van der Waals surface area contributed by atoms with Crippen LogP contribution in [0.1, 0.15) is 24.0 Å². The molecule has 1 aliphatic rings. The second kappa shape index (κ2) is 12.9. The molecule has 3 rings (SSSR count). The summed E-state index contributed by atoms with van der Waals surface area (Å²) in [6.45, 7) is 2.27. The molecule has 0 saturated carbocycles. The maximum absolute atomic E-state index is 13.3. The number of aliphatic hydroxyl groups is 1. The molecule has 9 heteroatoms. The van der Waals surface area contributed by atoms with E-state index in [-0.39, 0.29) is 19.1 Å². The molecule has 0 unspecified atom stereocenters. The third-order valence-electron chi connectivity index (χ3n) is 5.41. The first-order valence-electron chi connectivity index (χ1n) is 11.4. The highest BCUT2D eigenvalue weighted by atomic mass is 79.9. The fraction of sp³-hybridized carbons (Fsp3) is 0.440. The van der Waals surface area contributed by atoms with Crippen molar-refractivity contribution in [2.75, 3.05) is 47.0 Å². The van der Waals surface area contributed by atoms with Crippen molar-refractivity contribution in [3.63, 3.8) is 0 Å². The second-order valence-corrected chi connectivity index (χ2v) is 9.35. The number of halogens is 1. The van der Waals surface area contributed by atoms with Gasteiger partial charge in [-0.1, -0.05) is 34.1 Å². The van der Waals surface area contributed by atoms with E-state index in [4.69, 9.17) is 19.6 Å². The van der Waals surface area contributed by atoms with Crippen molar-refractivity contribution in [2.45, 2.75) is 24.8 Å². The van der Waals surface area contributed by atoms with Crippen molar-refractivity contribution >= 4 is 27.7 Å². The van der Waals surface area contributed by atoms with Crippen molar-refractivity contribution in [2.24, 2.45) is 4.99 Å². The zero-order valence-corrected chi connectivity index (χ0v) is 21.3. The smallest absolute Gasteiger partial charge is 0.266 e. The molecule has 2 aromatic carbocycles. The van der Waals surface area contributed by atoms with E-state index < -0.39 is 5.54 Å². The molecule has 0 radical (unpaired) electrons. The number of amides is 1. The third kappa shape index (κ3) is 7.27. The van der Waals surface area contributed by atoms with E-state index in [0.29, 0.717) is 37.6 Å². The molecule has 184 valence electrons. The van der Waals surface area contributed by atoms with E-state index in [0.717, 1.165) is 28.6 Å². The Kier molecular flexibility index (Phi) is 9.88. The highest BCUT2D eigenvalue weighted by Crippen LogP contribution is 2.30. The summed E-state index contributed by atoms with van der Waals surface area (Å²) in [5, 5.41) is 8.90. The van der Waals surface area contributed by atoms with Crippen LogP contribution in [-0.2, 0) is 16.0 Å². The molecule has 1 aliphatic heterocycles. The van der Waals surface area contributed by atoms with Gasteiger partial charge in [-0.15, -0.1) is 0 Å². The van der Waals surface area contributed by atoms with Gasteiger partial charge in [0.2, 0.25) is 5.90 Å². The van der Waals surface area contributed by atoms with Crippen LogP contribution in [-0.4, -0.2) is 74.4 Å². The van der Waals surface area contributed by atoms with Gasteiger partial charge in [-0.2, -0.15) is 0 Å². The number of aliphatic imine (C=N–C) groups is 1. The number of aliphatic hydroxyl groups excluding tert-OH is 1. The van der Waals surface area contributed by atoms with Crippen LogP contribution in [0.3, 0.4) is 0 Å². The van der Waals surface area contributed by atoms with Gasteiger partial charge < -0.3 is 19.5 Å². The van der Waals surface area contributed by atoms with Crippen LogP contribution in [0.4, 0.5) is 0 Å². The molecule has 8 nitrogen and oxygen atoms in total. The first-order chi connectivity index (χ1) is 16.4. The summed E-state index contributed by atoms with van der Waals surface area (Å²) in [6, 6.07) is 15.2. The van der Waals surface area contributed by atoms with Crippen molar-refractivity contribution < 1.29 is 19.4 Å². The number of carbonyl (C=O) groups is 1. The summed E-state index contributed by atoms with van der Waals surface area (Å²) in [6.07, 6.45) is 1.88. The molecule has 0 aromatic heterocycles. The van der Waals surface area contributed by atoms with Crippen LogP contribution in [0.5, 0.6) is 5.75 Å². The molecule has 0 bridgehead atoms. The zero-order valence-electron chi connectivity index (χ0n) is 19.7. The largest absolute Gasteiger partial charge is 0.494 e. The molecule has 3 N–H and O–H groups in total. The summed E-state index contributed by atoms with van der Waals surface area (Å²) in [7, 11) is 4.04. The number of ether oxygens (including phenoxy) is 2. The highest BCUT2D eigenvalue weighted by Gasteiger charge is 2.45. The Balaban J connectivity index is 1.76. The lowest BCUT2D eigenvalue weighted by atomic mass is 9.91. The monoisotopic (exact) mass is 532 g/mol. The Bertz CT molecular complexity index is 968. The average Bonchev–Trinajstić information content (AvgIpc) is 3.26. The molecule has 1 amide bonds. The molecule has 0 saturated heterocycles. The van der Waals surface area contributed by atoms with Gasteiger partial charge in [0, 0.05) is 36.0 Å². The molecule has 34 heavy (non-hydrogen) atoms. The minimum Gasteiger partial charge on any atom is -0.494 e. The molecular weight excluding hydrogens is 500 g/mol. The van der Waals surface area contributed by atoms with E-state index in [1.54, 1.807) is 0 Å². The molecule has 0 spiro atoms. The Morgan fingerprint density at radius 2 is 1.97 bits per heavy atom. The van der Waals surface area contributed by atoms with Gasteiger partial charge in [0.1, 0.15) is 12.4 Å². The molecule has 0 fully saturated rings.